The van der Waals surface area contributed by atoms with Gasteiger partial charge in [0.1, 0.15) is 9.79 Å². The van der Waals surface area contributed by atoms with Gasteiger partial charge in [-0.05, 0) is 12.1 Å². The van der Waals surface area contributed by atoms with Crippen LogP contribution in [-0.2, 0) is 39.5 Å². The maximum absolute atomic E-state index is 11.6. The van der Waals surface area contributed by atoms with Crippen molar-refractivity contribution in [2.45, 2.75) is 9.79 Å². The molecule has 0 aromatic heterocycles. The minimum atomic E-state index is -4.07. The van der Waals surface area contributed by atoms with E-state index >= 15 is 0 Å². The van der Waals surface area contributed by atoms with Crippen molar-refractivity contribution in [2.75, 3.05) is 12.0 Å². The summed E-state index contributed by atoms with van der Waals surface area (Å²) < 4.78 is 47.9. The van der Waals surface area contributed by atoms with Crippen LogP contribution in [0.25, 0.3) is 0 Å². The fraction of sp³-hybridized carbons (Fsp3) is 0.143. The van der Waals surface area contributed by atoms with Gasteiger partial charge in [0, 0.05) is 19.5 Å². The van der Waals surface area contributed by atoms with Crippen LogP contribution in [-0.4, -0.2) is 23.5 Å². The SMILES string of the molecule is NS(=O)(=O)c1cc2c(cc1Cl)NCNS2(=O)=O.[Zn]. The Balaban J connectivity index is 0.00000162. The van der Waals surface area contributed by atoms with E-state index in [0.717, 1.165) is 6.07 Å². The number of hydrogen-bond donors (Lipinski definition) is 3. The molecular weight excluding hydrogens is 355 g/mol. The van der Waals surface area contributed by atoms with Gasteiger partial charge >= 0.3 is 0 Å². The van der Waals surface area contributed by atoms with Gasteiger partial charge in [-0.25, -0.2) is 22.0 Å². The average molecular weight is 363 g/mol. The van der Waals surface area contributed by atoms with Gasteiger partial charge < -0.3 is 5.32 Å². The molecule has 0 spiro atoms. The Morgan fingerprint density at radius 2 is 1.94 bits per heavy atom. The standard InChI is InChI=1S/C7H8ClN3O4S2.Zn/c8-4-1-5-7(2-6(4)16(9,12)13)17(14,15)11-3-10-5;/h1-2,10-11H,3H2,(H2,9,12,13);. The molecule has 2 rings (SSSR count). The van der Waals surface area contributed by atoms with Gasteiger partial charge in [-0.2, -0.15) is 4.72 Å². The number of fused-ring (bicyclic) bond motifs is 1. The summed E-state index contributed by atoms with van der Waals surface area (Å²) in [5.41, 5.74) is 0.237. The fourth-order valence-electron chi connectivity index (χ4n) is 1.42. The molecule has 0 fully saturated rings. The zero-order chi connectivity index (χ0) is 12.8. The van der Waals surface area contributed by atoms with Crippen LogP contribution in [0.5, 0.6) is 0 Å². The van der Waals surface area contributed by atoms with Gasteiger partial charge in [-0.1, -0.05) is 11.6 Å². The fourth-order valence-corrected chi connectivity index (χ4v) is 3.70. The van der Waals surface area contributed by atoms with Crippen LogP contribution in [0.15, 0.2) is 21.9 Å². The minimum Gasteiger partial charge on any atom is -0.370 e. The molecule has 96 valence electrons. The number of halogens is 1. The van der Waals surface area contributed by atoms with E-state index in [9.17, 15) is 16.8 Å². The maximum atomic E-state index is 11.6. The molecular formula is C7H8ClN3O4S2Zn. The zero-order valence-corrected chi connectivity index (χ0v) is 14.3. The van der Waals surface area contributed by atoms with Crippen LogP contribution in [0.3, 0.4) is 0 Å². The number of anilines is 1. The van der Waals surface area contributed by atoms with Gasteiger partial charge in [-0.3, -0.25) is 0 Å². The molecule has 1 aliphatic heterocycles. The molecule has 4 N–H and O–H groups in total. The summed E-state index contributed by atoms with van der Waals surface area (Å²) in [6.45, 7) is 0.0143. The Labute approximate surface area is 122 Å². The molecule has 1 aromatic rings. The van der Waals surface area contributed by atoms with Crippen LogP contribution in [0.2, 0.25) is 5.02 Å². The number of nitrogens with one attached hydrogen (secondary N) is 2. The first kappa shape index (κ1) is 15.8. The van der Waals surface area contributed by atoms with E-state index in [1.807, 2.05) is 0 Å². The zero-order valence-electron chi connectivity index (χ0n) is 8.97. The molecule has 0 bridgehead atoms. The molecule has 0 atom stereocenters. The van der Waals surface area contributed by atoms with Crippen molar-refractivity contribution in [3.05, 3.63) is 17.2 Å². The quantitative estimate of drug-likeness (QED) is 0.590. The Bertz CT molecular complexity index is 689. The third-order valence-corrected chi connectivity index (χ3v) is 4.99. The maximum Gasteiger partial charge on any atom is 0.244 e. The number of rotatable bonds is 1. The first-order valence-electron chi connectivity index (χ1n) is 4.32. The molecule has 0 radical (unpaired) electrons. The number of hydrogen-bond acceptors (Lipinski definition) is 5. The normalized spacial score (nSPS) is 17.2. The molecule has 0 aliphatic carbocycles. The summed E-state index contributed by atoms with van der Waals surface area (Å²) in [6, 6.07) is 2.15. The first-order chi connectivity index (χ1) is 7.72. The monoisotopic (exact) mass is 361 g/mol. The second kappa shape index (κ2) is 5.03. The van der Waals surface area contributed by atoms with E-state index < -0.39 is 24.9 Å². The smallest absolute Gasteiger partial charge is 0.244 e. The third kappa shape index (κ3) is 2.84. The molecule has 7 nitrogen and oxygen atoms in total. The summed E-state index contributed by atoms with van der Waals surface area (Å²) in [5, 5.41) is 7.53. The van der Waals surface area contributed by atoms with E-state index in [1.54, 1.807) is 0 Å². The van der Waals surface area contributed by atoms with Crippen molar-refractivity contribution in [1.82, 2.24) is 4.72 Å². The average Bonchev–Trinajstić information content (AvgIpc) is 2.13. The van der Waals surface area contributed by atoms with Gasteiger partial charge in [0.25, 0.3) is 0 Å². The van der Waals surface area contributed by atoms with Crippen molar-refractivity contribution >= 4 is 37.3 Å². The summed E-state index contributed by atoms with van der Waals surface area (Å²) >= 11 is 5.72. The molecule has 18 heavy (non-hydrogen) atoms. The number of primary sulfonamides is 1. The topological polar surface area (TPSA) is 118 Å². The molecule has 1 aliphatic rings. The second-order valence-corrected chi connectivity index (χ2v) is 7.00. The summed E-state index contributed by atoms with van der Waals surface area (Å²) in [6.07, 6.45) is 0. The number of nitrogens with two attached hydrogens (primary N) is 1. The Kier molecular flexibility index (Phi) is 4.42. The van der Waals surface area contributed by atoms with Gasteiger partial charge in [0.2, 0.25) is 20.0 Å². The number of benzene rings is 1. The second-order valence-electron chi connectivity index (χ2n) is 3.33. The third-order valence-electron chi connectivity index (χ3n) is 2.17. The van der Waals surface area contributed by atoms with Gasteiger partial charge in [0.05, 0.1) is 17.4 Å². The first-order valence-corrected chi connectivity index (χ1v) is 7.72. The molecule has 0 saturated carbocycles. The molecule has 0 saturated heterocycles. The van der Waals surface area contributed by atoms with E-state index in [4.69, 9.17) is 16.7 Å². The molecule has 11 heteroatoms. The van der Waals surface area contributed by atoms with Crippen LogP contribution < -0.4 is 15.2 Å². The van der Waals surface area contributed by atoms with Gasteiger partial charge in [-0.15, -0.1) is 0 Å². The predicted octanol–water partition coefficient (Wildman–Crippen LogP) is -0.354. The van der Waals surface area contributed by atoms with Crippen molar-refractivity contribution in [2.24, 2.45) is 5.14 Å². The predicted molar refractivity (Wildman–Crippen MR) is 61.6 cm³/mol. The van der Waals surface area contributed by atoms with Crippen LogP contribution in [0, 0.1) is 0 Å². The van der Waals surface area contributed by atoms with Crippen molar-refractivity contribution in [1.29, 1.82) is 0 Å². The number of sulfonamides is 2. The van der Waals surface area contributed by atoms with Crippen molar-refractivity contribution in [3.8, 4) is 0 Å². The molecule has 0 amide bonds. The summed E-state index contributed by atoms with van der Waals surface area (Å²) in [5.74, 6) is 0. The van der Waals surface area contributed by atoms with Crippen molar-refractivity contribution < 1.29 is 36.3 Å². The Morgan fingerprint density at radius 3 is 2.50 bits per heavy atom. The van der Waals surface area contributed by atoms with E-state index in [0.29, 0.717) is 0 Å². The van der Waals surface area contributed by atoms with Crippen LogP contribution >= 0.6 is 11.6 Å². The van der Waals surface area contributed by atoms with Crippen LogP contribution in [0.4, 0.5) is 5.69 Å². The molecule has 0 unspecified atom stereocenters. The van der Waals surface area contributed by atoms with E-state index in [-0.39, 0.29) is 41.8 Å². The van der Waals surface area contributed by atoms with Gasteiger partial charge in [0.15, 0.2) is 0 Å². The van der Waals surface area contributed by atoms with E-state index in [1.165, 1.54) is 6.07 Å². The molecule has 1 heterocycles. The van der Waals surface area contributed by atoms with Crippen LogP contribution in [0.1, 0.15) is 0 Å². The molecule has 1 aromatic carbocycles. The van der Waals surface area contributed by atoms with E-state index in [2.05, 4.69) is 10.0 Å². The summed E-state index contributed by atoms with van der Waals surface area (Å²) in [7, 11) is -7.80. The Hall–Kier alpha value is -0.247. The Morgan fingerprint density at radius 1 is 1.33 bits per heavy atom. The minimum absolute atomic E-state index is 0. The summed E-state index contributed by atoms with van der Waals surface area (Å²) in [4.78, 5) is -0.621. The largest absolute Gasteiger partial charge is 0.370 e. The van der Waals surface area contributed by atoms with Crippen molar-refractivity contribution in [3.63, 3.8) is 0 Å².